The topological polar surface area (TPSA) is 123 Å². The lowest BCUT2D eigenvalue weighted by molar-refractivity contribution is -0.122. The van der Waals surface area contributed by atoms with Gasteiger partial charge in [0, 0.05) is 31.1 Å². The fourth-order valence-electron chi connectivity index (χ4n) is 4.28. The second kappa shape index (κ2) is 10.4. The summed E-state index contributed by atoms with van der Waals surface area (Å²) in [6, 6.07) is 5.58. The molecule has 1 aromatic carbocycles. The van der Waals surface area contributed by atoms with Crippen LogP contribution < -0.4 is 20.6 Å². The second-order valence-electron chi connectivity index (χ2n) is 8.08. The Labute approximate surface area is 172 Å². The van der Waals surface area contributed by atoms with Gasteiger partial charge in [0.05, 0.1) is 5.94 Å². The highest BCUT2D eigenvalue weighted by molar-refractivity contribution is 6.46. The number of hydrogen-bond acceptors (Lipinski definition) is 7. The molecule has 8 nitrogen and oxygen atoms in total. The van der Waals surface area contributed by atoms with Crippen molar-refractivity contribution in [2.45, 2.75) is 56.8 Å². The first-order chi connectivity index (χ1) is 14.0. The van der Waals surface area contributed by atoms with Crippen LogP contribution in [0.4, 0.5) is 0 Å². The number of nitrogens with one attached hydrogen (secondary N) is 3. The van der Waals surface area contributed by atoms with E-state index in [1.54, 1.807) is 18.2 Å². The number of likely N-dealkylation sites (N-methyl/N-ethyl adjacent to an activating group) is 1. The van der Waals surface area contributed by atoms with Crippen LogP contribution in [0.2, 0.25) is 0 Å². The minimum atomic E-state index is -1.67. The van der Waals surface area contributed by atoms with Gasteiger partial charge in [0.25, 0.3) is 0 Å². The Bertz CT molecular complexity index is 682. The van der Waals surface area contributed by atoms with Crippen LogP contribution in [0.5, 0.6) is 5.75 Å². The number of aliphatic hydroxyl groups is 2. The van der Waals surface area contributed by atoms with Crippen LogP contribution in [0.3, 0.4) is 0 Å². The third-order valence-electron chi connectivity index (χ3n) is 5.90. The van der Waals surface area contributed by atoms with Crippen LogP contribution in [0.1, 0.15) is 49.5 Å². The number of amides is 1. The highest BCUT2D eigenvalue weighted by Gasteiger charge is 2.37. The Kier molecular flexibility index (Phi) is 7.91. The minimum Gasteiger partial charge on any atom is -0.534 e. The molecule has 1 fully saturated rings. The fourth-order valence-corrected chi connectivity index (χ4v) is 4.28. The average Bonchev–Trinajstić information content (AvgIpc) is 2.69. The van der Waals surface area contributed by atoms with E-state index in [-0.39, 0.29) is 17.2 Å². The number of carbonyl (C=O) groups excluding carboxylic acids is 1. The van der Waals surface area contributed by atoms with E-state index in [4.69, 9.17) is 4.65 Å². The monoisotopic (exact) mass is 405 g/mol. The van der Waals surface area contributed by atoms with Gasteiger partial charge in [-0.3, -0.25) is 4.79 Å². The van der Waals surface area contributed by atoms with Crippen LogP contribution in [0.15, 0.2) is 18.2 Å². The van der Waals surface area contributed by atoms with Gasteiger partial charge in [-0.05, 0) is 50.6 Å². The number of hydrogen-bond donors (Lipinski definition) is 6. The Morgan fingerprint density at radius 2 is 2.00 bits per heavy atom. The molecule has 1 amide bonds. The predicted molar refractivity (Wildman–Crippen MR) is 110 cm³/mol. The molecule has 1 aliphatic heterocycles. The van der Waals surface area contributed by atoms with Crippen LogP contribution in [-0.4, -0.2) is 60.4 Å². The number of rotatable bonds is 8. The summed E-state index contributed by atoms with van der Waals surface area (Å²) >= 11 is 0. The van der Waals surface area contributed by atoms with Crippen LogP contribution >= 0.6 is 0 Å². The van der Waals surface area contributed by atoms with E-state index in [1.165, 1.54) is 0 Å². The smallest absolute Gasteiger partial charge is 0.534 e. The molecular weight excluding hydrogens is 373 g/mol. The van der Waals surface area contributed by atoms with Crippen molar-refractivity contribution in [2.24, 2.45) is 5.92 Å². The molecule has 0 bridgehead atoms. The molecule has 6 N–H and O–H groups in total. The highest BCUT2D eigenvalue weighted by atomic mass is 16.5. The Morgan fingerprint density at radius 3 is 2.69 bits per heavy atom. The normalized spacial score (nSPS) is 24.2. The lowest BCUT2D eigenvalue weighted by atomic mass is 9.72. The molecule has 0 unspecified atom stereocenters. The first-order valence-corrected chi connectivity index (χ1v) is 10.5. The molecule has 1 aromatic rings. The summed E-state index contributed by atoms with van der Waals surface area (Å²) in [6.45, 7) is 1.92. The molecule has 0 spiro atoms. The maximum absolute atomic E-state index is 12.5. The van der Waals surface area contributed by atoms with Crippen molar-refractivity contribution >= 4 is 13.0 Å². The molecule has 160 valence electrons. The summed E-state index contributed by atoms with van der Waals surface area (Å²) in [7, 11) is 0.720. The quantitative estimate of drug-likeness (QED) is 0.202. The largest absolute Gasteiger partial charge is 0.547 e. The van der Waals surface area contributed by atoms with E-state index >= 15 is 0 Å². The number of aliphatic hydroxyl groups excluding tert-OH is 1. The van der Waals surface area contributed by atoms with E-state index in [0.717, 1.165) is 44.3 Å². The van der Waals surface area contributed by atoms with Gasteiger partial charge in [0.2, 0.25) is 5.91 Å². The molecule has 1 aliphatic carbocycles. The van der Waals surface area contributed by atoms with Gasteiger partial charge in [-0.1, -0.05) is 18.2 Å². The summed E-state index contributed by atoms with van der Waals surface area (Å²) in [5.41, 5.74) is 0.950. The van der Waals surface area contributed by atoms with E-state index in [2.05, 4.69) is 16.0 Å². The molecule has 0 radical (unpaired) electrons. The molecule has 29 heavy (non-hydrogen) atoms. The number of fused-ring (bicyclic) bond motifs is 1. The third-order valence-corrected chi connectivity index (χ3v) is 5.90. The van der Waals surface area contributed by atoms with Gasteiger partial charge in [-0.25, -0.2) is 0 Å². The zero-order chi connectivity index (χ0) is 20.8. The SMILES string of the molecule is CNCCNC1CCC(CC(=O)N[C@H]2Cc3cccc(C(O)O)c3OB2O)CC1. The zero-order valence-electron chi connectivity index (χ0n) is 16.9. The maximum Gasteiger partial charge on any atom is 0.547 e. The number of para-hydroxylation sites is 1. The Balaban J connectivity index is 1.47. The van der Waals surface area contributed by atoms with Gasteiger partial charge >= 0.3 is 7.12 Å². The standard InChI is InChI=1S/C20H32BN3O5/c1-22-9-10-23-15-7-5-13(6-8-15)11-18(25)24-17-12-14-3-2-4-16(20(26)27)19(14)29-21(17)28/h2-4,13,15,17,20,22-23,26-28H,5-12H2,1H3,(H,24,25)/t13?,15?,17-/m0/s1. The summed E-state index contributed by atoms with van der Waals surface area (Å²) in [6.07, 6.45) is 3.36. The highest BCUT2D eigenvalue weighted by Crippen LogP contribution is 2.33. The van der Waals surface area contributed by atoms with Crippen molar-refractivity contribution in [2.75, 3.05) is 20.1 Å². The molecule has 0 aromatic heterocycles. The van der Waals surface area contributed by atoms with Crippen molar-refractivity contribution in [1.29, 1.82) is 0 Å². The van der Waals surface area contributed by atoms with Crippen molar-refractivity contribution in [3.8, 4) is 5.75 Å². The first kappa shape index (κ1) is 22.0. The third kappa shape index (κ3) is 5.93. The molecule has 3 rings (SSSR count). The van der Waals surface area contributed by atoms with Crippen molar-refractivity contribution < 1.29 is 24.7 Å². The fraction of sp³-hybridized carbons (Fsp3) is 0.650. The van der Waals surface area contributed by atoms with Gasteiger partial charge in [0.1, 0.15) is 5.75 Å². The van der Waals surface area contributed by atoms with E-state index < -0.39 is 19.3 Å². The molecule has 9 heteroatoms. The molecule has 1 saturated carbocycles. The van der Waals surface area contributed by atoms with Gasteiger partial charge in [-0.15, -0.1) is 0 Å². The lowest BCUT2D eigenvalue weighted by Gasteiger charge is -2.31. The van der Waals surface area contributed by atoms with Gasteiger partial charge < -0.3 is 35.8 Å². The average molecular weight is 405 g/mol. The summed E-state index contributed by atoms with van der Waals surface area (Å²) in [5, 5.41) is 38.8. The van der Waals surface area contributed by atoms with E-state index in [0.29, 0.717) is 24.8 Å². The molecule has 1 atom stereocenters. The van der Waals surface area contributed by atoms with E-state index in [1.807, 2.05) is 7.05 Å². The number of benzene rings is 1. The number of carbonyl (C=O) groups is 1. The predicted octanol–water partition coefficient (Wildman–Crippen LogP) is -0.133. The van der Waals surface area contributed by atoms with E-state index in [9.17, 15) is 20.0 Å². The summed E-state index contributed by atoms with van der Waals surface area (Å²) in [4.78, 5) is 12.5. The Morgan fingerprint density at radius 1 is 1.24 bits per heavy atom. The van der Waals surface area contributed by atoms with Gasteiger partial charge in [-0.2, -0.15) is 0 Å². The second-order valence-corrected chi connectivity index (χ2v) is 8.08. The minimum absolute atomic E-state index is 0.0777. The lowest BCUT2D eigenvalue weighted by Crippen LogP contribution is -2.53. The van der Waals surface area contributed by atoms with Gasteiger partial charge in [0.15, 0.2) is 6.29 Å². The van der Waals surface area contributed by atoms with Crippen molar-refractivity contribution in [3.63, 3.8) is 0 Å². The zero-order valence-corrected chi connectivity index (χ0v) is 16.9. The molecule has 1 heterocycles. The first-order valence-electron chi connectivity index (χ1n) is 10.5. The Hall–Kier alpha value is -1.65. The van der Waals surface area contributed by atoms with Crippen molar-refractivity contribution in [3.05, 3.63) is 29.3 Å². The molecule has 2 aliphatic rings. The molecule has 0 saturated heterocycles. The van der Waals surface area contributed by atoms with Crippen LogP contribution in [0, 0.1) is 5.92 Å². The van der Waals surface area contributed by atoms with Crippen molar-refractivity contribution in [1.82, 2.24) is 16.0 Å². The molecular formula is C20H32BN3O5. The van der Waals surface area contributed by atoms with Crippen LogP contribution in [-0.2, 0) is 11.2 Å². The van der Waals surface area contributed by atoms with Crippen LogP contribution in [0.25, 0.3) is 0 Å². The summed E-state index contributed by atoms with van der Waals surface area (Å²) < 4.78 is 5.50. The maximum atomic E-state index is 12.5. The summed E-state index contributed by atoms with van der Waals surface area (Å²) in [5.74, 6) is 0.0127.